The van der Waals surface area contributed by atoms with E-state index in [0.717, 1.165) is 62.9 Å². The first-order valence-corrected chi connectivity index (χ1v) is 11.6. The Morgan fingerprint density at radius 3 is 2.57 bits per heavy atom. The van der Waals surface area contributed by atoms with Gasteiger partial charge in [-0.15, -0.1) is 0 Å². The van der Waals surface area contributed by atoms with Crippen LogP contribution in [-0.4, -0.2) is 12.7 Å². The molecular weight excluding hydrogens is 354 g/mol. The van der Waals surface area contributed by atoms with Crippen molar-refractivity contribution < 1.29 is 13.5 Å². The summed E-state index contributed by atoms with van der Waals surface area (Å²) >= 11 is 0. The minimum Gasteiger partial charge on any atom is -0.371 e. The molecule has 1 fully saturated rings. The summed E-state index contributed by atoms with van der Waals surface area (Å²) < 4.78 is 35.3. The second kappa shape index (κ2) is 12.6. The Kier molecular flexibility index (Phi) is 10.5. The van der Waals surface area contributed by atoms with Crippen molar-refractivity contribution in [1.29, 1.82) is 0 Å². The van der Waals surface area contributed by atoms with Crippen LogP contribution in [0.25, 0.3) is 0 Å². The Hall–Kier alpha value is -0.960. The quantitative estimate of drug-likeness (QED) is 0.311. The van der Waals surface area contributed by atoms with Gasteiger partial charge in [-0.2, -0.15) is 0 Å². The lowest BCUT2D eigenvalue weighted by molar-refractivity contribution is 0.0472. The van der Waals surface area contributed by atoms with Crippen LogP contribution in [0.1, 0.15) is 97.3 Å². The van der Waals surface area contributed by atoms with E-state index >= 15 is 4.39 Å². The maximum Gasteiger partial charge on any atom is 0.161 e. The van der Waals surface area contributed by atoms with Gasteiger partial charge in [-0.05, 0) is 55.9 Å². The van der Waals surface area contributed by atoms with Crippen LogP contribution in [0.4, 0.5) is 8.78 Å². The summed E-state index contributed by atoms with van der Waals surface area (Å²) in [6.07, 6.45) is 15.8. The maximum absolute atomic E-state index is 15.1. The number of hydrogen-bond donors (Lipinski definition) is 0. The molecule has 3 unspecified atom stereocenters. The summed E-state index contributed by atoms with van der Waals surface area (Å²) in [6.45, 7) is 8.21. The molecule has 2 rings (SSSR count). The number of rotatable bonds is 7. The van der Waals surface area contributed by atoms with E-state index in [1.807, 2.05) is 6.08 Å². The molecule has 0 spiro atoms. The molecule has 2 aliphatic rings. The summed E-state index contributed by atoms with van der Waals surface area (Å²) in [4.78, 5) is 0. The topological polar surface area (TPSA) is 9.23 Å². The van der Waals surface area contributed by atoms with Crippen molar-refractivity contribution in [2.24, 2.45) is 11.8 Å². The second-order valence-corrected chi connectivity index (χ2v) is 8.80. The van der Waals surface area contributed by atoms with Gasteiger partial charge in [0.15, 0.2) is 11.7 Å². The highest BCUT2D eigenvalue weighted by atomic mass is 19.2. The summed E-state index contributed by atoms with van der Waals surface area (Å²) in [5, 5.41) is 0. The van der Waals surface area contributed by atoms with Gasteiger partial charge >= 0.3 is 0 Å². The van der Waals surface area contributed by atoms with Crippen LogP contribution in [0, 0.1) is 11.8 Å². The smallest absolute Gasteiger partial charge is 0.161 e. The van der Waals surface area contributed by atoms with Crippen LogP contribution < -0.4 is 0 Å². The van der Waals surface area contributed by atoms with Gasteiger partial charge in [0.25, 0.3) is 0 Å². The van der Waals surface area contributed by atoms with Crippen molar-refractivity contribution in [3.63, 3.8) is 0 Å². The van der Waals surface area contributed by atoms with Crippen LogP contribution >= 0.6 is 0 Å². The third-order valence-electron chi connectivity index (χ3n) is 6.44. The average molecular weight is 395 g/mol. The van der Waals surface area contributed by atoms with Crippen molar-refractivity contribution in [3.05, 3.63) is 35.5 Å². The highest BCUT2D eigenvalue weighted by molar-refractivity contribution is 5.36. The maximum atomic E-state index is 15.1. The number of unbranched alkanes of at least 4 members (excludes halogenated alkanes) is 2. The van der Waals surface area contributed by atoms with Crippen LogP contribution in [-0.2, 0) is 4.74 Å². The van der Waals surface area contributed by atoms with Crippen molar-refractivity contribution >= 4 is 0 Å². The van der Waals surface area contributed by atoms with E-state index in [4.69, 9.17) is 4.74 Å². The first kappa shape index (κ1) is 23.3. The van der Waals surface area contributed by atoms with E-state index in [1.54, 1.807) is 0 Å². The third-order valence-corrected chi connectivity index (χ3v) is 6.44. The van der Waals surface area contributed by atoms with Crippen LogP contribution in [0.2, 0.25) is 0 Å². The molecule has 0 amide bonds. The van der Waals surface area contributed by atoms with E-state index in [0.29, 0.717) is 5.57 Å². The Bertz CT molecular complexity index is 549. The molecule has 1 saturated carbocycles. The SMILES string of the molecule is C=C1/C=C(C2CCCC(CCCCC)CC2)\C(F)=C(\F)COC(CCC)CC1. The van der Waals surface area contributed by atoms with Gasteiger partial charge < -0.3 is 4.74 Å². The van der Waals surface area contributed by atoms with Crippen LogP contribution in [0.15, 0.2) is 35.5 Å². The number of allylic oxidation sites excluding steroid dienone is 4. The highest BCUT2D eigenvalue weighted by Crippen LogP contribution is 2.39. The van der Waals surface area contributed by atoms with Crippen LogP contribution in [0.5, 0.6) is 0 Å². The lowest BCUT2D eigenvalue weighted by Gasteiger charge is -2.22. The molecule has 3 atom stereocenters. The first-order valence-electron chi connectivity index (χ1n) is 11.6. The normalized spacial score (nSPS) is 32.5. The van der Waals surface area contributed by atoms with E-state index in [2.05, 4.69) is 20.4 Å². The molecule has 0 aromatic heterocycles. The zero-order valence-electron chi connectivity index (χ0n) is 18.1. The van der Waals surface area contributed by atoms with Gasteiger partial charge in [-0.1, -0.05) is 77.0 Å². The van der Waals surface area contributed by atoms with Crippen molar-refractivity contribution in [1.82, 2.24) is 0 Å². The van der Waals surface area contributed by atoms with Gasteiger partial charge in [-0.25, -0.2) is 8.78 Å². The van der Waals surface area contributed by atoms with Gasteiger partial charge in [0, 0.05) is 0 Å². The second-order valence-electron chi connectivity index (χ2n) is 8.80. The largest absolute Gasteiger partial charge is 0.371 e. The fraction of sp³-hybridized carbons (Fsp3) is 0.760. The monoisotopic (exact) mass is 394 g/mol. The molecule has 0 aromatic carbocycles. The number of hydrogen-bond acceptors (Lipinski definition) is 1. The number of halogens is 2. The lowest BCUT2D eigenvalue weighted by Crippen LogP contribution is -2.16. The van der Waals surface area contributed by atoms with Crippen molar-refractivity contribution in [2.45, 2.75) is 103 Å². The molecule has 28 heavy (non-hydrogen) atoms. The molecule has 0 bridgehead atoms. The van der Waals surface area contributed by atoms with E-state index < -0.39 is 11.7 Å². The molecule has 1 nitrogen and oxygen atoms in total. The molecule has 3 heteroatoms. The van der Waals surface area contributed by atoms with E-state index in [1.165, 1.54) is 32.1 Å². The summed E-state index contributed by atoms with van der Waals surface area (Å²) in [7, 11) is 0. The van der Waals surface area contributed by atoms with Crippen LogP contribution in [0.3, 0.4) is 0 Å². The molecule has 0 N–H and O–H groups in total. The van der Waals surface area contributed by atoms with Crippen molar-refractivity contribution in [2.75, 3.05) is 6.61 Å². The summed E-state index contributed by atoms with van der Waals surface area (Å²) in [5.74, 6) is -0.585. The lowest BCUT2D eigenvalue weighted by atomic mass is 9.87. The average Bonchev–Trinajstić information content (AvgIpc) is 2.93. The first-order chi connectivity index (χ1) is 13.5. The molecule has 1 aliphatic heterocycles. The molecule has 1 aliphatic carbocycles. The molecule has 1 heterocycles. The minimum atomic E-state index is -0.745. The number of ether oxygens (including phenoxy) is 1. The van der Waals surface area contributed by atoms with Crippen molar-refractivity contribution in [3.8, 4) is 0 Å². The minimum absolute atomic E-state index is 0.0167. The van der Waals surface area contributed by atoms with E-state index in [-0.39, 0.29) is 18.6 Å². The highest BCUT2D eigenvalue weighted by Gasteiger charge is 2.26. The molecule has 160 valence electrons. The summed E-state index contributed by atoms with van der Waals surface area (Å²) in [5.41, 5.74) is 1.43. The zero-order chi connectivity index (χ0) is 20.4. The Labute approximate surface area is 171 Å². The van der Waals surface area contributed by atoms with Gasteiger partial charge in [0.05, 0.1) is 6.10 Å². The van der Waals surface area contributed by atoms with Gasteiger partial charge in [-0.3, -0.25) is 0 Å². The fourth-order valence-corrected chi connectivity index (χ4v) is 4.70. The Morgan fingerprint density at radius 1 is 1.00 bits per heavy atom. The molecular formula is C25H40F2O. The van der Waals surface area contributed by atoms with Gasteiger partial charge in [0.1, 0.15) is 6.61 Å². The molecule has 0 saturated heterocycles. The fourth-order valence-electron chi connectivity index (χ4n) is 4.70. The predicted molar refractivity (Wildman–Crippen MR) is 115 cm³/mol. The van der Waals surface area contributed by atoms with Gasteiger partial charge in [0.2, 0.25) is 0 Å². The summed E-state index contributed by atoms with van der Waals surface area (Å²) in [6, 6.07) is 0. The Balaban J connectivity index is 2.09. The zero-order valence-corrected chi connectivity index (χ0v) is 18.1. The van der Waals surface area contributed by atoms with E-state index in [9.17, 15) is 4.39 Å². The predicted octanol–water partition coefficient (Wildman–Crippen LogP) is 8.38. The third kappa shape index (κ3) is 7.46. The standard InChI is InChI=1S/C25H40F2O/c1-4-6-7-10-20-11-8-12-21(15-14-20)23-17-19(3)13-16-22(9-5-2)28-18-24(26)25(23)27/h17,20-22H,3-16,18H2,1-2H3/b23-17-,25-24-. The Morgan fingerprint density at radius 2 is 1.82 bits per heavy atom. The molecule has 0 radical (unpaired) electrons. The molecule has 0 aromatic rings.